The van der Waals surface area contributed by atoms with Crippen LogP contribution < -0.4 is 5.73 Å². The third-order valence-electron chi connectivity index (χ3n) is 4.33. The highest BCUT2D eigenvalue weighted by Gasteiger charge is 2.36. The molecule has 0 aliphatic carbocycles. The Kier molecular flexibility index (Phi) is 13.1. The molecule has 0 saturated carbocycles. The fourth-order valence-corrected chi connectivity index (χ4v) is 3.67. The predicted molar refractivity (Wildman–Crippen MR) is 113 cm³/mol. The van der Waals surface area contributed by atoms with Crippen molar-refractivity contribution in [3.05, 3.63) is 0 Å². The number of aliphatic hydroxyl groups is 2. The van der Waals surface area contributed by atoms with Crippen LogP contribution in [0.3, 0.4) is 0 Å². The lowest BCUT2D eigenvalue weighted by atomic mass is 9.97. The van der Waals surface area contributed by atoms with Gasteiger partial charge in [-0.05, 0) is 20.3 Å². The van der Waals surface area contributed by atoms with Crippen LogP contribution in [0.2, 0.25) is 0 Å². The maximum atomic E-state index is 13.2. The standard InChI is InChI=1S/C19H37N3O6S/c1-6-7-16(24)21(4)15(13-29-11-10-28-9-8-23)18(26)22(5)14(17(20)25)12-19(2,3)27/h14-15,23,27H,6-13H2,1-5H3,(H2,20,25)/t14-,15+/m0/s1. The average Bonchev–Trinajstić information content (AvgIpc) is 2.63. The minimum absolute atomic E-state index is 0.00788. The van der Waals surface area contributed by atoms with Gasteiger partial charge in [0.1, 0.15) is 12.1 Å². The van der Waals surface area contributed by atoms with Crippen molar-refractivity contribution < 1.29 is 29.3 Å². The molecule has 0 aromatic heterocycles. The highest BCUT2D eigenvalue weighted by molar-refractivity contribution is 7.99. The van der Waals surface area contributed by atoms with Crippen LogP contribution in [-0.2, 0) is 19.1 Å². The Hall–Kier alpha value is -1.36. The Morgan fingerprint density at radius 2 is 1.76 bits per heavy atom. The number of amides is 3. The minimum atomic E-state index is -1.19. The maximum Gasteiger partial charge on any atom is 0.246 e. The van der Waals surface area contributed by atoms with Crippen LogP contribution >= 0.6 is 11.8 Å². The number of thioether (sulfide) groups is 1. The van der Waals surface area contributed by atoms with Crippen LogP contribution in [0.25, 0.3) is 0 Å². The van der Waals surface area contributed by atoms with Crippen molar-refractivity contribution in [3.8, 4) is 0 Å². The number of nitrogens with zero attached hydrogens (tertiary/aromatic N) is 2. The van der Waals surface area contributed by atoms with Gasteiger partial charge in [0.25, 0.3) is 0 Å². The number of likely N-dealkylation sites (N-methyl/N-ethyl adjacent to an activating group) is 2. The summed E-state index contributed by atoms with van der Waals surface area (Å²) in [7, 11) is 3.04. The van der Waals surface area contributed by atoms with Crippen molar-refractivity contribution in [2.24, 2.45) is 5.73 Å². The average molecular weight is 436 g/mol. The first kappa shape index (κ1) is 27.6. The molecule has 0 fully saturated rings. The minimum Gasteiger partial charge on any atom is -0.394 e. The molecule has 9 nitrogen and oxygen atoms in total. The van der Waals surface area contributed by atoms with Crippen molar-refractivity contribution in [2.75, 3.05) is 45.4 Å². The van der Waals surface area contributed by atoms with Crippen molar-refractivity contribution in [2.45, 2.75) is 57.7 Å². The van der Waals surface area contributed by atoms with Crippen molar-refractivity contribution in [1.29, 1.82) is 0 Å². The SMILES string of the molecule is CCCC(=O)N(C)[C@H](CSCCOCCO)C(=O)N(C)[C@@H](CC(C)(C)O)C(N)=O. The molecule has 3 amide bonds. The van der Waals surface area contributed by atoms with Crippen molar-refractivity contribution in [3.63, 3.8) is 0 Å². The van der Waals surface area contributed by atoms with Gasteiger partial charge in [0, 0.05) is 38.4 Å². The number of hydrogen-bond acceptors (Lipinski definition) is 7. The quantitative estimate of drug-likeness (QED) is 0.304. The number of carbonyl (C=O) groups excluding carboxylic acids is 3. The Balaban J connectivity index is 5.30. The second kappa shape index (κ2) is 13.8. The van der Waals surface area contributed by atoms with Crippen LogP contribution in [0.15, 0.2) is 0 Å². The summed E-state index contributed by atoms with van der Waals surface area (Å²) in [5.41, 5.74) is 4.28. The van der Waals surface area contributed by atoms with Gasteiger partial charge in [-0.15, -0.1) is 0 Å². The summed E-state index contributed by atoms with van der Waals surface area (Å²) >= 11 is 1.44. The first-order chi connectivity index (χ1) is 13.5. The molecule has 0 heterocycles. The second-order valence-corrected chi connectivity index (χ2v) is 8.72. The smallest absolute Gasteiger partial charge is 0.246 e. The van der Waals surface area contributed by atoms with Crippen LogP contribution in [-0.4, -0.2) is 101 Å². The predicted octanol–water partition coefficient (Wildman–Crippen LogP) is -0.171. The molecule has 0 radical (unpaired) electrons. The third kappa shape index (κ3) is 10.8. The van der Waals surface area contributed by atoms with E-state index >= 15 is 0 Å². The van der Waals surface area contributed by atoms with Gasteiger partial charge in [-0.1, -0.05) is 6.92 Å². The lowest BCUT2D eigenvalue weighted by Gasteiger charge is -2.35. The van der Waals surface area contributed by atoms with E-state index in [1.54, 1.807) is 7.05 Å². The summed E-state index contributed by atoms with van der Waals surface area (Å²) in [5, 5.41) is 18.8. The molecule has 10 heteroatoms. The molecule has 0 aliphatic heterocycles. The summed E-state index contributed by atoms with van der Waals surface area (Å²) in [4.78, 5) is 40.1. The first-order valence-corrected chi connectivity index (χ1v) is 10.9. The Labute approximate surface area is 177 Å². The second-order valence-electron chi connectivity index (χ2n) is 7.57. The Morgan fingerprint density at radius 1 is 1.14 bits per heavy atom. The lowest BCUT2D eigenvalue weighted by Crippen LogP contribution is -2.56. The first-order valence-electron chi connectivity index (χ1n) is 9.76. The fraction of sp³-hybridized carbons (Fsp3) is 0.842. The number of carbonyl (C=O) groups is 3. The van der Waals surface area contributed by atoms with Gasteiger partial charge in [-0.25, -0.2) is 0 Å². The van der Waals surface area contributed by atoms with Gasteiger partial charge in [-0.3, -0.25) is 14.4 Å². The highest BCUT2D eigenvalue weighted by atomic mass is 32.2. The summed E-state index contributed by atoms with van der Waals surface area (Å²) in [6, 6.07) is -1.76. The molecule has 4 N–H and O–H groups in total. The fourth-order valence-electron chi connectivity index (χ4n) is 2.68. The van der Waals surface area contributed by atoms with Crippen LogP contribution in [0.5, 0.6) is 0 Å². The third-order valence-corrected chi connectivity index (χ3v) is 5.34. The molecule has 0 saturated heterocycles. The molecule has 0 spiro atoms. The van der Waals surface area contributed by atoms with Crippen molar-refractivity contribution >= 4 is 29.5 Å². The lowest BCUT2D eigenvalue weighted by molar-refractivity contribution is -0.147. The highest BCUT2D eigenvalue weighted by Crippen LogP contribution is 2.18. The van der Waals surface area contributed by atoms with Crippen LogP contribution in [0.4, 0.5) is 0 Å². The molecular weight excluding hydrogens is 398 g/mol. The zero-order valence-electron chi connectivity index (χ0n) is 18.2. The number of nitrogens with two attached hydrogens (primary N) is 1. The van der Waals surface area contributed by atoms with Gasteiger partial charge in [-0.2, -0.15) is 11.8 Å². The van der Waals surface area contributed by atoms with Gasteiger partial charge in [0.05, 0.1) is 25.4 Å². The molecule has 0 bridgehead atoms. The van der Waals surface area contributed by atoms with E-state index in [1.165, 1.54) is 42.5 Å². The van der Waals surface area contributed by atoms with Gasteiger partial charge >= 0.3 is 0 Å². The molecular formula is C19H37N3O6S. The molecule has 2 atom stereocenters. The normalized spacial score (nSPS) is 13.6. The van der Waals surface area contributed by atoms with Gasteiger partial charge in [0.15, 0.2) is 0 Å². The maximum absolute atomic E-state index is 13.2. The van der Waals surface area contributed by atoms with Gasteiger partial charge in [0.2, 0.25) is 17.7 Å². The van der Waals surface area contributed by atoms with E-state index < -0.39 is 29.5 Å². The summed E-state index contributed by atoms with van der Waals surface area (Å²) in [6.45, 7) is 5.57. The topological polar surface area (TPSA) is 133 Å². The molecule has 29 heavy (non-hydrogen) atoms. The van der Waals surface area contributed by atoms with E-state index in [2.05, 4.69) is 0 Å². The Morgan fingerprint density at radius 3 is 2.24 bits per heavy atom. The number of hydrogen-bond donors (Lipinski definition) is 3. The molecule has 0 aromatic rings. The Bertz CT molecular complexity index is 527. The summed E-state index contributed by atoms with van der Waals surface area (Å²) in [6.07, 6.45) is 0.966. The molecule has 170 valence electrons. The number of rotatable bonds is 15. The largest absolute Gasteiger partial charge is 0.394 e. The van der Waals surface area contributed by atoms with E-state index in [1.807, 2.05) is 6.92 Å². The van der Waals surface area contributed by atoms with E-state index in [0.717, 1.165) is 0 Å². The summed E-state index contributed by atoms with van der Waals surface area (Å²) < 4.78 is 5.21. The van der Waals surface area contributed by atoms with E-state index in [4.69, 9.17) is 15.6 Å². The zero-order chi connectivity index (χ0) is 22.6. The monoisotopic (exact) mass is 435 g/mol. The van der Waals surface area contributed by atoms with E-state index in [-0.39, 0.29) is 25.5 Å². The molecule has 0 unspecified atom stereocenters. The molecule has 0 aliphatic rings. The number of aliphatic hydroxyl groups excluding tert-OH is 1. The van der Waals surface area contributed by atoms with E-state index in [0.29, 0.717) is 31.0 Å². The number of ether oxygens (including phenoxy) is 1. The summed E-state index contributed by atoms with van der Waals surface area (Å²) in [5.74, 6) is -0.365. The molecule has 0 rings (SSSR count). The van der Waals surface area contributed by atoms with Gasteiger partial charge < -0.3 is 30.5 Å². The van der Waals surface area contributed by atoms with Crippen LogP contribution in [0.1, 0.15) is 40.0 Å². The van der Waals surface area contributed by atoms with Crippen LogP contribution in [0, 0.1) is 0 Å². The van der Waals surface area contributed by atoms with E-state index in [9.17, 15) is 19.5 Å². The number of primary amides is 1. The molecule has 0 aromatic carbocycles. The zero-order valence-corrected chi connectivity index (χ0v) is 19.0. The van der Waals surface area contributed by atoms with Crippen molar-refractivity contribution in [1.82, 2.24) is 9.80 Å².